The first-order valence-electron chi connectivity index (χ1n) is 4.50. The molecule has 0 amide bonds. The molecule has 2 nitrogen and oxygen atoms in total. The minimum absolute atomic E-state index is 0.937. The van der Waals surface area contributed by atoms with E-state index in [4.69, 9.17) is 0 Å². The van der Waals surface area contributed by atoms with Crippen molar-refractivity contribution in [2.24, 2.45) is 0 Å². The van der Waals surface area contributed by atoms with E-state index in [0.717, 1.165) is 17.0 Å². The highest BCUT2D eigenvalue weighted by atomic mass is 79.9. The van der Waals surface area contributed by atoms with Gasteiger partial charge in [0.25, 0.3) is 0 Å². The fraction of sp³-hybridized carbons (Fsp3) is 0.300. The average Bonchev–Trinajstić information content (AvgIpc) is 2.71. The first-order chi connectivity index (χ1) is 6.72. The summed E-state index contributed by atoms with van der Waals surface area (Å²) >= 11 is 5.27. The molecule has 0 unspecified atom stereocenters. The highest BCUT2D eigenvalue weighted by Gasteiger charge is 2.09. The van der Waals surface area contributed by atoms with E-state index in [9.17, 15) is 0 Å². The van der Waals surface area contributed by atoms with E-state index in [1.807, 2.05) is 6.20 Å². The van der Waals surface area contributed by atoms with Gasteiger partial charge in [0.2, 0.25) is 0 Å². The summed E-state index contributed by atoms with van der Waals surface area (Å²) in [4.78, 5) is 6.95. The van der Waals surface area contributed by atoms with E-state index in [1.54, 1.807) is 11.3 Å². The lowest BCUT2D eigenvalue weighted by Gasteiger charge is -2.03. The van der Waals surface area contributed by atoms with Crippen LogP contribution in [0.25, 0.3) is 10.7 Å². The molecule has 0 radical (unpaired) electrons. The van der Waals surface area contributed by atoms with Crippen LogP contribution in [0, 0.1) is 6.92 Å². The monoisotopic (exact) mass is 270 g/mol. The van der Waals surface area contributed by atoms with Crippen LogP contribution in [0.3, 0.4) is 0 Å². The van der Waals surface area contributed by atoms with Gasteiger partial charge in [0, 0.05) is 11.4 Å². The van der Waals surface area contributed by atoms with E-state index in [0.29, 0.717) is 0 Å². The summed E-state index contributed by atoms with van der Waals surface area (Å²) in [5.74, 6) is 1.05. The van der Waals surface area contributed by atoms with Crippen molar-refractivity contribution in [1.29, 1.82) is 0 Å². The normalized spacial score (nSPS) is 10.8. The van der Waals surface area contributed by atoms with Gasteiger partial charge in [-0.1, -0.05) is 0 Å². The number of nitrogens with zero attached hydrogens (tertiary/aromatic N) is 2. The number of rotatable bonds is 2. The largest absolute Gasteiger partial charge is 0.318 e. The summed E-state index contributed by atoms with van der Waals surface area (Å²) in [6.45, 7) is 5.17. The van der Waals surface area contributed by atoms with Crippen LogP contribution in [0.4, 0.5) is 0 Å². The molecule has 0 aliphatic rings. The molecule has 0 saturated carbocycles. The molecule has 4 heteroatoms. The Morgan fingerprint density at radius 2 is 2.29 bits per heavy atom. The zero-order valence-electron chi connectivity index (χ0n) is 8.12. The predicted octanol–water partition coefficient (Wildman–Crippen LogP) is 3.70. The molecular weight excluding hydrogens is 260 g/mol. The molecule has 0 saturated heterocycles. The molecule has 0 spiro atoms. The van der Waals surface area contributed by atoms with Gasteiger partial charge in [0.05, 0.1) is 11.1 Å². The zero-order chi connectivity index (χ0) is 10.1. The first-order valence-corrected chi connectivity index (χ1v) is 6.11. The van der Waals surface area contributed by atoms with Crippen molar-refractivity contribution in [2.75, 3.05) is 0 Å². The Morgan fingerprint density at radius 1 is 1.50 bits per heavy atom. The molecule has 0 aromatic carbocycles. The molecule has 14 heavy (non-hydrogen) atoms. The van der Waals surface area contributed by atoms with Crippen molar-refractivity contribution < 1.29 is 0 Å². The maximum Gasteiger partial charge on any atom is 0.150 e. The van der Waals surface area contributed by atoms with Crippen molar-refractivity contribution in [2.45, 2.75) is 20.4 Å². The number of aryl methyl sites for hydroxylation is 1. The Balaban J connectivity index is 2.51. The summed E-state index contributed by atoms with van der Waals surface area (Å²) in [6, 6.07) is 4.25. The second-order valence-electron chi connectivity index (χ2n) is 3.06. The van der Waals surface area contributed by atoms with Gasteiger partial charge in [-0.2, -0.15) is 0 Å². The first kappa shape index (κ1) is 9.93. The van der Waals surface area contributed by atoms with Crippen LogP contribution in [0.5, 0.6) is 0 Å². The van der Waals surface area contributed by atoms with Gasteiger partial charge in [-0.15, -0.1) is 11.3 Å². The van der Waals surface area contributed by atoms with E-state index in [1.165, 1.54) is 9.75 Å². The second kappa shape index (κ2) is 3.87. The van der Waals surface area contributed by atoms with Crippen LogP contribution in [-0.4, -0.2) is 9.55 Å². The Morgan fingerprint density at radius 3 is 2.86 bits per heavy atom. The van der Waals surface area contributed by atoms with Crippen molar-refractivity contribution >= 4 is 27.3 Å². The molecule has 0 aliphatic heterocycles. The summed E-state index contributed by atoms with van der Waals surface area (Å²) in [6.07, 6.45) is 1.86. The standard InChI is InChI=1S/C10H11BrN2S/c1-3-13-9(11)6-12-10(13)8-5-4-7(2)14-8/h4-6H,3H2,1-2H3. The highest BCUT2D eigenvalue weighted by molar-refractivity contribution is 9.10. The highest BCUT2D eigenvalue weighted by Crippen LogP contribution is 2.28. The van der Waals surface area contributed by atoms with E-state index < -0.39 is 0 Å². The van der Waals surface area contributed by atoms with E-state index in [-0.39, 0.29) is 0 Å². The summed E-state index contributed by atoms with van der Waals surface area (Å²) in [7, 11) is 0. The topological polar surface area (TPSA) is 17.8 Å². The lowest BCUT2D eigenvalue weighted by atomic mass is 10.4. The molecule has 0 fully saturated rings. The Kier molecular flexibility index (Phi) is 2.74. The molecule has 2 aromatic rings. The lowest BCUT2D eigenvalue weighted by Crippen LogP contribution is -1.96. The van der Waals surface area contributed by atoms with Gasteiger partial charge in [0.1, 0.15) is 4.60 Å². The van der Waals surface area contributed by atoms with Gasteiger partial charge < -0.3 is 4.57 Å². The number of imidazole rings is 1. The number of hydrogen-bond donors (Lipinski definition) is 0. The minimum Gasteiger partial charge on any atom is -0.318 e. The van der Waals surface area contributed by atoms with Gasteiger partial charge in [0.15, 0.2) is 5.82 Å². The van der Waals surface area contributed by atoms with Gasteiger partial charge in [-0.25, -0.2) is 4.98 Å². The lowest BCUT2D eigenvalue weighted by molar-refractivity contribution is 0.756. The van der Waals surface area contributed by atoms with Crippen molar-refractivity contribution in [3.8, 4) is 10.7 Å². The Labute approximate surface area is 95.7 Å². The Bertz CT molecular complexity index is 445. The molecule has 74 valence electrons. The van der Waals surface area contributed by atoms with Crippen molar-refractivity contribution in [1.82, 2.24) is 9.55 Å². The third-order valence-corrected chi connectivity index (χ3v) is 3.71. The smallest absolute Gasteiger partial charge is 0.150 e. The van der Waals surface area contributed by atoms with Crippen LogP contribution < -0.4 is 0 Å². The van der Waals surface area contributed by atoms with Crippen LogP contribution in [-0.2, 0) is 6.54 Å². The average molecular weight is 271 g/mol. The van der Waals surface area contributed by atoms with Crippen molar-refractivity contribution in [3.63, 3.8) is 0 Å². The SMILES string of the molecule is CCn1c(Br)cnc1-c1ccc(C)s1. The van der Waals surface area contributed by atoms with Crippen LogP contribution in [0.1, 0.15) is 11.8 Å². The van der Waals surface area contributed by atoms with Crippen LogP contribution >= 0.6 is 27.3 Å². The van der Waals surface area contributed by atoms with Crippen LogP contribution in [0.2, 0.25) is 0 Å². The number of aromatic nitrogens is 2. The van der Waals surface area contributed by atoms with Crippen LogP contribution in [0.15, 0.2) is 22.9 Å². The molecule has 0 aliphatic carbocycles. The van der Waals surface area contributed by atoms with Gasteiger partial charge >= 0.3 is 0 Å². The fourth-order valence-electron chi connectivity index (χ4n) is 1.41. The molecule has 2 rings (SSSR count). The fourth-order valence-corrected chi connectivity index (χ4v) is 2.80. The number of halogens is 1. The predicted molar refractivity (Wildman–Crippen MR) is 63.7 cm³/mol. The number of thiophene rings is 1. The molecule has 0 N–H and O–H groups in total. The Hall–Kier alpha value is -0.610. The molecule has 0 bridgehead atoms. The minimum atomic E-state index is 0.937. The maximum atomic E-state index is 4.40. The molecule has 0 atom stereocenters. The second-order valence-corrected chi connectivity index (χ2v) is 5.16. The summed E-state index contributed by atoms with van der Waals surface area (Å²) in [5.41, 5.74) is 0. The summed E-state index contributed by atoms with van der Waals surface area (Å²) < 4.78 is 3.20. The van der Waals surface area contributed by atoms with Crippen molar-refractivity contribution in [3.05, 3.63) is 27.8 Å². The number of hydrogen-bond acceptors (Lipinski definition) is 2. The maximum absolute atomic E-state index is 4.40. The quantitative estimate of drug-likeness (QED) is 0.814. The summed E-state index contributed by atoms with van der Waals surface area (Å²) in [5, 5.41) is 0. The van der Waals surface area contributed by atoms with E-state index >= 15 is 0 Å². The van der Waals surface area contributed by atoms with Gasteiger partial charge in [-0.05, 0) is 41.9 Å². The van der Waals surface area contributed by atoms with Gasteiger partial charge in [-0.3, -0.25) is 0 Å². The third-order valence-electron chi connectivity index (χ3n) is 2.08. The molecule has 2 heterocycles. The third kappa shape index (κ3) is 1.64. The molecule has 2 aromatic heterocycles. The zero-order valence-corrected chi connectivity index (χ0v) is 10.5. The molecular formula is C10H11BrN2S. The van der Waals surface area contributed by atoms with E-state index in [2.05, 4.69) is 51.5 Å².